The minimum absolute atomic E-state index is 0.507. The lowest BCUT2D eigenvalue weighted by molar-refractivity contribution is -0.145. The summed E-state index contributed by atoms with van der Waals surface area (Å²) < 4.78 is 18.0. The highest BCUT2D eigenvalue weighted by molar-refractivity contribution is 5.59. The molecule has 0 amide bonds. The van der Waals surface area contributed by atoms with E-state index in [1.54, 1.807) is 19.3 Å². The van der Waals surface area contributed by atoms with Gasteiger partial charge in [-0.1, -0.05) is 43.0 Å². The minimum Gasteiger partial charge on any atom is -0.465 e. The van der Waals surface area contributed by atoms with E-state index < -0.39 is 11.9 Å². The van der Waals surface area contributed by atoms with Gasteiger partial charge in [0.25, 0.3) is 0 Å². The van der Waals surface area contributed by atoms with E-state index in [0.29, 0.717) is 22.8 Å². The Hall–Kier alpha value is -2.82. The molecule has 1 atom stereocenters. The zero-order valence-electron chi connectivity index (χ0n) is 13.8. The first-order chi connectivity index (χ1) is 12.1. The zero-order chi connectivity index (χ0) is 17.4. The summed E-state index contributed by atoms with van der Waals surface area (Å²) in [6.07, 6.45) is 0.429. The van der Waals surface area contributed by atoms with E-state index in [2.05, 4.69) is 6.58 Å². The molecule has 0 saturated carbocycles. The molecule has 0 fully saturated rings. The maximum atomic E-state index is 10.5. The summed E-state index contributed by atoms with van der Waals surface area (Å²) in [6.45, 7) is 5.53. The van der Waals surface area contributed by atoms with Gasteiger partial charge in [-0.15, -0.1) is 0 Å². The molecule has 1 N–H and O–H groups in total. The number of hydrogen-bond acceptors (Lipinski definition) is 4. The molecule has 4 nitrogen and oxygen atoms in total. The van der Waals surface area contributed by atoms with Gasteiger partial charge >= 0.3 is 0 Å². The van der Waals surface area contributed by atoms with Crippen LogP contribution in [0.4, 0.5) is 0 Å². The quantitative estimate of drug-likeness (QED) is 0.560. The normalized spacial score (nSPS) is 15.6. The first-order valence-electron chi connectivity index (χ1n) is 8.05. The van der Waals surface area contributed by atoms with Gasteiger partial charge in [0, 0.05) is 11.1 Å². The van der Waals surface area contributed by atoms with Crippen molar-refractivity contribution >= 4 is 0 Å². The number of benzene rings is 2. The number of aliphatic hydroxyl groups excluding tert-OH is 1. The number of furan rings is 1. The molecule has 126 valence electrons. The number of para-hydroxylation sites is 2. The van der Waals surface area contributed by atoms with Crippen molar-refractivity contribution in [3.63, 3.8) is 0 Å². The second kappa shape index (κ2) is 5.92. The maximum absolute atomic E-state index is 10.5. The van der Waals surface area contributed by atoms with Gasteiger partial charge in [0.1, 0.15) is 17.3 Å². The van der Waals surface area contributed by atoms with Gasteiger partial charge in [-0.25, -0.2) is 0 Å². The Morgan fingerprint density at radius 1 is 1.00 bits per heavy atom. The van der Waals surface area contributed by atoms with Crippen molar-refractivity contribution in [1.29, 1.82) is 0 Å². The molecule has 0 aliphatic carbocycles. The summed E-state index contributed by atoms with van der Waals surface area (Å²) in [7, 11) is 0. The summed E-state index contributed by atoms with van der Waals surface area (Å²) in [4.78, 5) is 0. The fraction of sp³-hybridized carbons (Fsp3) is 0.143. The van der Waals surface area contributed by atoms with Gasteiger partial charge in [-0.05, 0) is 36.8 Å². The van der Waals surface area contributed by atoms with Gasteiger partial charge in [0.15, 0.2) is 11.9 Å². The molecule has 1 aromatic heterocycles. The van der Waals surface area contributed by atoms with E-state index >= 15 is 0 Å². The molecule has 25 heavy (non-hydrogen) atoms. The molecular weight excluding hydrogens is 316 g/mol. The topological polar surface area (TPSA) is 51.8 Å². The third-order valence-corrected chi connectivity index (χ3v) is 4.33. The molecule has 2 heterocycles. The van der Waals surface area contributed by atoms with Crippen molar-refractivity contribution in [3.05, 3.63) is 96.0 Å². The molecule has 0 saturated heterocycles. The Labute approximate surface area is 145 Å². The lowest BCUT2D eigenvalue weighted by Gasteiger charge is -2.39. The summed E-state index contributed by atoms with van der Waals surface area (Å²) in [5.41, 5.74) is 0.910. The van der Waals surface area contributed by atoms with Crippen molar-refractivity contribution in [3.8, 4) is 11.5 Å². The average molecular weight is 334 g/mol. The predicted octanol–water partition coefficient (Wildman–Crippen LogP) is 4.59. The summed E-state index contributed by atoms with van der Waals surface area (Å²) in [6, 6.07) is 18.8. The van der Waals surface area contributed by atoms with Crippen molar-refractivity contribution in [1.82, 2.24) is 0 Å². The van der Waals surface area contributed by atoms with Gasteiger partial charge < -0.3 is 19.0 Å². The van der Waals surface area contributed by atoms with Crippen molar-refractivity contribution in [2.24, 2.45) is 0 Å². The van der Waals surface area contributed by atoms with E-state index in [9.17, 15) is 5.11 Å². The average Bonchev–Trinajstić information content (AvgIpc) is 3.16. The van der Waals surface area contributed by atoms with Crippen LogP contribution < -0.4 is 4.74 Å². The molecule has 4 heteroatoms. The first-order valence-corrected chi connectivity index (χ1v) is 8.05. The van der Waals surface area contributed by atoms with Crippen LogP contribution in [0.3, 0.4) is 0 Å². The molecular formula is C21H18O4. The lowest BCUT2D eigenvalue weighted by atomic mass is 9.81. The number of aliphatic hydroxyl groups is 1. The Kier molecular flexibility index (Phi) is 3.71. The van der Waals surface area contributed by atoms with Crippen LogP contribution in [0.25, 0.3) is 0 Å². The third kappa shape index (κ3) is 2.38. The Morgan fingerprint density at radius 2 is 1.60 bits per heavy atom. The standard InChI is InChI=1S/C21H18O4/c1-14(2)20(22)25-21(19-12-7-13-23-19)15-8-3-5-10-17(15)24-18-11-6-4-9-16(18)21/h3-13,20,22H,1H2,2H3. The second-order valence-corrected chi connectivity index (χ2v) is 6.07. The van der Waals surface area contributed by atoms with E-state index in [-0.39, 0.29) is 0 Å². The van der Waals surface area contributed by atoms with Crippen molar-refractivity contribution in [2.75, 3.05) is 0 Å². The highest BCUT2D eigenvalue weighted by Crippen LogP contribution is 2.52. The number of ether oxygens (including phenoxy) is 2. The number of fused-ring (bicyclic) bond motifs is 2. The van der Waals surface area contributed by atoms with Crippen molar-refractivity contribution in [2.45, 2.75) is 18.8 Å². The molecule has 1 aliphatic rings. The summed E-state index contributed by atoms with van der Waals surface area (Å²) in [5, 5.41) is 10.5. The van der Waals surface area contributed by atoms with Crippen LogP contribution in [0.15, 0.2) is 83.5 Å². The highest BCUT2D eigenvalue weighted by atomic mass is 16.6. The fourth-order valence-electron chi connectivity index (χ4n) is 3.15. The molecule has 0 spiro atoms. The smallest absolute Gasteiger partial charge is 0.186 e. The van der Waals surface area contributed by atoms with Crippen LogP contribution in [-0.2, 0) is 10.3 Å². The second-order valence-electron chi connectivity index (χ2n) is 6.07. The van der Waals surface area contributed by atoms with E-state index in [4.69, 9.17) is 13.9 Å². The third-order valence-electron chi connectivity index (χ3n) is 4.33. The first kappa shape index (κ1) is 15.7. The lowest BCUT2D eigenvalue weighted by Crippen LogP contribution is -2.39. The molecule has 3 aromatic rings. The van der Waals surface area contributed by atoms with Crippen LogP contribution >= 0.6 is 0 Å². The van der Waals surface area contributed by atoms with Crippen molar-refractivity contribution < 1.29 is 19.0 Å². The van der Waals surface area contributed by atoms with Crippen LogP contribution in [0.2, 0.25) is 0 Å². The molecule has 1 aliphatic heterocycles. The molecule has 0 radical (unpaired) electrons. The largest absolute Gasteiger partial charge is 0.465 e. The minimum atomic E-state index is -1.16. The summed E-state index contributed by atoms with van der Waals surface area (Å²) in [5.74, 6) is 1.88. The van der Waals surface area contributed by atoms with Gasteiger partial charge in [-0.2, -0.15) is 0 Å². The molecule has 4 rings (SSSR count). The Morgan fingerprint density at radius 3 is 2.12 bits per heavy atom. The molecule has 0 bridgehead atoms. The van der Waals surface area contributed by atoms with Gasteiger partial charge in [0.05, 0.1) is 6.26 Å². The monoisotopic (exact) mass is 334 g/mol. The van der Waals surface area contributed by atoms with Crippen LogP contribution in [0.1, 0.15) is 23.8 Å². The van der Waals surface area contributed by atoms with Crippen LogP contribution in [0, 0.1) is 0 Å². The highest BCUT2D eigenvalue weighted by Gasteiger charge is 2.48. The SMILES string of the molecule is C=C(C)C(O)OC1(c2ccco2)c2ccccc2Oc2ccccc21. The van der Waals surface area contributed by atoms with E-state index in [1.165, 1.54) is 0 Å². The van der Waals surface area contributed by atoms with Crippen LogP contribution in [-0.4, -0.2) is 11.4 Å². The van der Waals surface area contributed by atoms with E-state index in [0.717, 1.165) is 11.1 Å². The van der Waals surface area contributed by atoms with Crippen LogP contribution in [0.5, 0.6) is 11.5 Å². The predicted molar refractivity (Wildman–Crippen MR) is 93.5 cm³/mol. The zero-order valence-corrected chi connectivity index (χ0v) is 13.8. The van der Waals surface area contributed by atoms with Gasteiger partial charge in [0.2, 0.25) is 0 Å². The maximum Gasteiger partial charge on any atom is 0.186 e. The molecule has 2 aromatic carbocycles. The fourth-order valence-corrected chi connectivity index (χ4v) is 3.15. The number of rotatable bonds is 4. The van der Waals surface area contributed by atoms with Gasteiger partial charge in [-0.3, -0.25) is 0 Å². The molecule has 1 unspecified atom stereocenters. The summed E-state index contributed by atoms with van der Waals surface area (Å²) >= 11 is 0. The number of hydrogen-bond donors (Lipinski definition) is 1. The van der Waals surface area contributed by atoms with E-state index in [1.807, 2.05) is 54.6 Å². The Bertz CT molecular complexity index is 866. The Balaban J connectivity index is 2.04.